The number of unbranched alkanes of at least 4 members (excludes halogenated alkanes) is 1. The summed E-state index contributed by atoms with van der Waals surface area (Å²) in [7, 11) is 1.69. The van der Waals surface area contributed by atoms with Crippen molar-refractivity contribution in [3.63, 3.8) is 0 Å². The SMILES string of the molecule is CNCC(=O)OCCCCO. The van der Waals surface area contributed by atoms with Crippen molar-refractivity contribution < 1.29 is 14.6 Å². The zero-order valence-electron chi connectivity index (χ0n) is 6.80. The largest absolute Gasteiger partial charge is 0.465 e. The Bertz CT molecular complexity index is 106. The summed E-state index contributed by atoms with van der Waals surface area (Å²) in [5.74, 6) is -0.245. The number of rotatable bonds is 6. The van der Waals surface area contributed by atoms with Crippen LogP contribution in [0.2, 0.25) is 0 Å². The number of nitrogens with one attached hydrogen (secondary N) is 1. The number of likely N-dealkylation sites (N-methyl/N-ethyl adjacent to an activating group) is 1. The molecule has 0 aromatic heterocycles. The van der Waals surface area contributed by atoms with Crippen molar-refractivity contribution in [2.24, 2.45) is 0 Å². The third-order valence-corrected chi connectivity index (χ3v) is 1.14. The Balaban J connectivity index is 3.04. The standard InChI is InChI=1S/C7H15NO3/c1-8-6-7(10)11-5-3-2-4-9/h8-9H,2-6H2,1H3. The lowest BCUT2D eigenvalue weighted by Crippen LogP contribution is -2.21. The molecule has 11 heavy (non-hydrogen) atoms. The van der Waals surface area contributed by atoms with Crippen LogP contribution in [-0.2, 0) is 9.53 Å². The molecule has 0 aliphatic rings. The number of hydrogen-bond donors (Lipinski definition) is 2. The van der Waals surface area contributed by atoms with Crippen molar-refractivity contribution in [1.29, 1.82) is 0 Å². The smallest absolute Gasteiger partial charge is 0.319 e. The van der Waals surface area contributed by atoms with Crippen molar-refractivity contribution in [2.75, 3.05) is 26.8 Å². The third kappa shape index (κ3) is 7.29. The molecule has 0 saturated carbocycles. The zero-order valence-corrected chi connectivity index (χ0v) is 6.80. The number of aliphatic hydroxyl groups excluding tert-OH is 1. The number of aliphatic hydroxyl groups is 1. The van der Waals surface area contributed by atoms with Crippen LogP contribution in [0.3, 0.4) is 0 Å². The van der Waals surface area contributed by atoms with Gasteiger partial charge in [0.1, 0.15) is 0 Å². The van der Waals surface area contributed by atoms with Gasteiger partial charge in [0.25, 0.3) is 0 Å². The molecule has 0 amide bonds. The molecule has 0 aromatic rings. The first-order valence-corrected chi connectivity index (χ1v) is 3.72. The lowest BCUT2D eigenvalue weighted by atomic mass is 10.3. The summed E-state index contributed by atoms with van der Waals surface area (Å²) in [6.07, 6.45) is 1.42. The molecule has 0 unspecified atom stereocenters. The Labute approximate surface area is 66.5 Å². The monoisotopic (exact) mass is 161 g/mol. The van der Waals surface area contributed by atoms with E-state index in [1.807, 2.05) is 0 Å². The van der Waals surface area contributed by atoms with Gasteiger partial charge in [-0.05, 0) is 19.9 Å². The summed E-state index contributed by atoms with van der Waals surface area (Å²) in [6, 6.07) is 0. The van der Waals surface area contributed by atoms with Gasteiger partial charge in [-0.3, -0.25) is 4.79 Å². The van der Waals surface area contributed by atoms with Crippen LogP contribution < -0.4 is 5.32 Å². The van der Waals surface area contributed by atoms with Crippen LogP contribution in [-0.4, -0.2) is 37.9 Å². The Kier molecular flexibility index (Phi) is 7.08. The van der Waals surface area contributed by atoms with Crippen molar-refractivity contribution in [3.05, 3.63) is 0 Å². The molecule has 0 spiro atoms. The summed E-state index contributed by atoms with van der Waals surface area (Å²) >= 11 is 0. The third-order valence-electron chi connectivity index (χ3n) is 1.14. The zero-order chi connectivity index (χ0) is 8.53. The fourth-order valence-electron chi connectivity index (χ4n) is 0.595. The van der Waals surface area contributed by atoms with E-state index in [-0.39, 0.29) is 19.1 Å². The van der Waals surface area contributed by atoms with Crippen molar-refractivity contribution >= 4 is 5.97 Å². The predicted molar refractivity (Wildman–Crippen MR) is 41.2 cm³/mol. The Hall–Kier alpha value is -0.610. The summed E-state index contributed by atoms with van der Waals surface area (Å²) in [6.45, 7) is 0.809. The maximum atomic E-state index is 10.7. The minimum atomic E-state index is -0.245. The molecular weight excluding hydrogens is 146 g/mol. The minimum absolute atomic E-state index is 0.156. The van der Waals surface area contributed by atoms with E-state index in [9.17, 15) is 4.79 Å². The molecule has 0 aliphatic heterocycles. The van der Waals surface area contributed by atoms with Crippen molar-refractivity contribution in [3.8, 4) is 0 Å². The van der Waals surface area contributed by atoms with Crippen molar-refractivity contribution in [1.82, 2.24) is 5.32 Å². The van der Waals surface area contributed by atoms with E-state index in [1.165, 1.54) is 0 Å². The van der Waals surface area contributed by atoms with E-state index in [0.717, 1.165) is 6.42 Å². The highest BCUT2D eigenvalue weighted by atomic mass is 16.5. The van der Waals surface area contributed by atoms with E-state index < -0.39 is 0 Å². The van der Waals surface area contributed by atoms with Crippen LogP contribution in [0.4, 0.5) is 0 Å². The van der Waals surface area contributed by atoms with Crippen LogP contribution in [0.25, 0.3) is 0 Å². The molecule has 0 atom stereocenters. The van der Waals surface area contributed by atoms with Crippen LogP contribution in [0.1, 0.15) is 12.8 Å². The second kappa shape index (κ2) is 7.50. The normalized spacial score (nSPS) is 9.64. The number of esters is 1. The highest BCUT2D eigenvalue weighted by Crippen LogP contribution is 1.88. The second-order valence-electron chi connectivity index (χ2n) is 2.18. The highest BCUT2D eigenvalue weighted by molar-refractivity contribution is 5.71. The second-order valence-corrected chi connectivity index (χ2v) is 2.18. The van der Waals surface area contributed by atoms with E-state index in [0.29, 0.717) is 13.0 Å². The molecule has 4 heteroatoms. The first-order valence-electron chi connectivity index (χ1n) is 3.72. The maximum absolute atomic E-state index is 10.7. The lowest BCUT2D eigenvalue weighted by molar-refractivity contribution is -0.142. The summed E-state index contributed by atoms with van der Waals surface area (Å²) < 4.78 is 4.77. The fourth-order valence-corrected chi connectivity index (χ4v) is 0.595. The molecule has 66 valence electrons. The summed E-state index contributed by atoms with van der Waals surface area (Å²) in [5, 5.41) is 11.1. The van der Waals surface area contributed by atoms with E-state index in [4.69, 9.17) is 9.84 Å². The van der Waals surface area contributed by atoms with Gasteiger partial charge in [0.15, 0.2) is 0 Å². The van der Waals surface area contributed by atoms with Gasteiger partial charge in [-0.25, -0.2) is 0 Å². The van der Waals surface area contributed by atoms with Gasteiger partial charge in [0, 0.05) is 6.61 Å². The molecule has 0 aromatic carbocycles. The Morgan fingerprint density at radius 3 is 2.82 bits per heavy atom. The summed E-state index contributed by atoms with van der Waals surface area (Å²) in [5.41, 5.74) is 0. The minimum Gasteiger partial charge on any atom is -0.465 e. The van der Waals surface area contributed by atoms with Crippen LogP contribution >= 0.6 is 0 Å². The Morgan fingerprint density at radius 2 is 2.27 bits per heavy atom. The average molecular weight is 161 g/mol. The van der Waals surface area contributed by atoms with E-state index in [2.05, 4.69) is 5.32 Å². The number of carbonyl (C=O) groups is 1. The first-order chi connectivity index (χ1) is 5.31. The van der Waals surface area contributed by atoms with E-state index >= 15 is 0 Å². The molecule has 0 rings (SSSR count). The predicted octanol–water partition coefficient (Wildman–Crippen LogP) is -0.479. The van der Waals surface area contributed by atoms with Gasteiger partial charge in [0.2, 0.25) is 0 Å². The number of carbonyl (C=O) groups excluding carboxylic acids is 1. The van der Waals surface area contributed by atoms with Crippen LogP contribution in [0, 0.1) is 0 Å². The topological polar surface area (TPSA) is 58.6 Å². The van der Waals surface area contributed by atoms with Crippen LogP contribution in [0.15, 0.2) is 0 Å². The van der Waals surface area contributed by atoms with Gasteiger partial charge < -0.3 is 15.2 Å². The molecule has 0 bridgehead atoms. The van der Waals surface area contributed by atoms with Gasteiger partial charge >= 0.3 is 5.97 Å². The molecule has 0 heterocycles. The highest BCUT2D eigenvalue weighted by Gasteiger charge is 1.98. The van der Waals surface area contributed by atoms with Gasteiger partial charge in [-0.1, -0.05) is 0 Å². The Morgan fingerprint density at radius 1 is 1.55 bits per heavy atom. The lowest BCUT2D eigenvalue weighted by Gasteiger charge is -2.02. The van der Waals surface area contributed by atoms with Gasteiger partial charge in [0.05, 0.1) is 13.2 Å². The number of hydrogen-bond acceptors (Lipinski definition) is 4. The molecule has 0 fully saturated rings. The molecule has 0 saturated heterocycles. The van der Waals surface area contributed by atoms with Crippen molar-refractivity contribution in [2.45, 2.75) is 12.8 Å². The number of ether oxygens (including phenoxy) is 1. The first kappa shape index (κ1) is 10.4. The van der Waals surface area contributed by atoms with E-state index in [1.54, 1.807) is 7.05 Å². The summed E-state index contributed by atoms with van der Waals surface area (Å²) in [4.78, 5) is 10.7. The molecule has 4 nitrogen and oxygen atoms in total. The molecular formula is C7H15NO3. The molecule has 0 radical (unpaired) electrons. The molecule has 0 aliphatic carbocycles. The fraction of sp³-hybridized carbons (Fsp3) is 0.857. The van der Waals surface area contributed by atoms with Gasteiger partial charge in [-0.2, -0.15) is 0 Å². The van der Waals surface area contributed by atoms with Crippen LogP contribution in [0.5, 0.6) is 0 Å². The molecule has 2 N–H and O–H groups in total. The quantitative estimate of drug-likeness (QED) is 0.408. The van der Waals surface area contributed by atoms with Gasteiger partial charge in [-0.15, -0.1) is 0 Å². The maximum Gasteiger partial charge on any atom is 0.319 e. The average Bonchev–Trinajstić information content (AvgIpc) is 1.99.